The van der Waals surface area contributed by atoms with Crippen molar-refractivity contribution in [3.05, 3.63) is 22.7 Å². The van der Waals surface area contributed by atoms with Crippen LogP contribution in [0.3, 0.4) is 0 Å². The summed E-state index contributed by atoms with van der Waals surface area (Å²) >= 11 is 6.10. The van der Waals surface area contributed by atoms with Gasteiger partial charge in [-0.15, -0.1) is 0 Å². The Morgan fingerprint density at radius 2 is 1.89 bits per heavy atom. The third kappa shape index (κ3) is 4.41. The van der Waals surface area contributed by atoms with Gasteiger partial charge in [0.05, 0.1) is 12.8 Å². The van der Waals surface area contributed by atoms with Gasteiger partial charge in [0.15, 0.2) is 0 Å². The van der Waals surface area contributed by atoms with Crippen LogP contribution in [0.25, 0.3) is 0 Å². The minimum Gasteiger partial charge on any atom is -0.495 e. The number of halogens is 1. The van der Waals surface area contributed by atoms with Crippen LogP contribution in [-0.2, 0) is 0 Å². The molecule has 0 aliphatic carbocycles. The van der Waals surface area contributed by atoms with Gasteiger partial charge in [-0.1, -0.05) is 25.4 Å². The summed E-state index contributed by atoms with van der Waals surface area (Å²) in [5.41, 5.74) is 2.09. The zero-order valence-corrected chi connectivity index (χ0v) is 12.8. The highest BCUT2D eigenvalue weighted by Gasteiger charge is 2.10. The lowest BCUT2D eigenvalue weighted by molar-refractivity contribution is 0.415. The van der Waals surface area contributed by atoms with Crippen LogP contribution in [0.1, 0.15) is 39.2 Å². The van der Waals surface area contributed by atoms with Crippen LogP contribution < -0.4 is 10.1 Å². The summed E-state index contributed by atoms with van der Waals surface area (Å²) in [4.78, 5) is 0. The quantitative estimate of drug-likeness (QED) is 0.794. The van der Waals surface area contributed by atoms with Crippen molar-refractivity contribution in [3.63, 3.8) is 0 Å². The number of methoxy groups -OCH3 is 1. The Balaban J connectivity index is 2.74. The molecule has 0 aromatic heterocycles. The maximum Gasteiger partial charge on any atom is 0.143 e. The molecule has 0 bridgehead atoms. The summed E-state index contributed by atoms with van der Waals surface area (Å²) in [6.07, 6.45) is 2.38. The maximum absolute atomic E-state index is 6.10. The van der Waals surface area contributed by atoms with Gasteiger partial charge in [0, 0.05) is 17.1 Å². The molecule has 1 aromatic carbocycles. The molecule has 0 spiro atoms. The van der Waals surface area contributed by atoms with Crippen LogP contribution in [-0.4, -0.2) is 13.2 Å². The molecular weight excluding hydrogens is 246 g/mol. The summed E-state index contributed by atoms with van der Waals surface area (Å²) in [5.74, 6) is 1.55. The molecular formula is C15H24ClNO. The van der Waals surface area contributed by atoms with Crippen molar-refractivity contribution < 1.29 is 4.74 Å². The molecule has 1 unspecified atom stereocenters. The lowest BCUT2D eigenvalue weighted by atomic mass is 10.0. The first-order chi connectivity index (χ1) is 8.43. The molecule has 0 fully saturated rings. The van der Waals surface area contributed by atoms with Crippen molar-refractivity contribution in [2.75, 3.05) is 12.4 Å². The number of hydrogen-bond acceptors (Lipinski definition) is 2. The van der Waals surface area contributed by atoms with Crippen LogP contribution in [0, 0.1) is 12.8 Å². The predicted molar refractivity (Wildman–Crippen MR) is 79.9 cm³/mol. The summed E-state index contributed by atoms with van der Waals surface area (Å²) in [7, 11) is 1.67. The number of hydrogen-bond donors (Lipinski definition) is 1. The molecule has 1 rings (SSSR count). The zero-order chi connectivity index (χ0) is 13.7. The highest BCUT2D eigenvalue weighted by Crippen LogP contribution is 2.31. The van der Waals surface area contributed by atoms with E-state index in [-0.39, 0.29) is 0 Å². The molecule has 1 N–H and O–H groups in total. The second kappa shape index (κ2) is 6.89. The fourth-order valence-electron chi connectivity index (χ4n) is 1.87. The van der Waals surface area contributed by atoms with Crippen molar-refractivity contribution in [2.45, 2.75) is 46.6 Å². The van der Waals surface area contributed by atoms with Gasteiger partial charge in [-0.25, -0.2) is 0 Å². The first-order valence-corrected chi connectivity index (χ1v) is 6.92. The Kier molecular flexibility index (Phi) is 5.80. The van der Waals surface area contributed by atoms with E-state index in [9.17, 15) is 0 Å². The van der Waals surface area contributed by atoms with Crippen LogP contribution in [0.5, 0.6) is 5.75 Å². The Bertz CT molecular complexity index is 390. The largest absolute Gasteiger partial charge is 0.495 e. The van der Waals surface area contributed by atoms with Crippen molar-refractivity contribution in [3.8, 4) is 5.75 Å². The van der Waals surface area contributed by atoms with Gasteiger partial charge in [0.25, 0.3) is 0 Å². The van der Waals surface area contributed by atoms with Crippen LogP contribution >= 0.6 is 11.6 Å². The highest BCUT2D eigenvalue weighted by molar-refractivity contribution is 6.31. The molecule has 1 atom stereocenters. The Labute approximate surface area is 116 Å². The second-order valence-corrected chi connectivity index (χ2v) is 5.73. The Morgan fingerprint density at radius 3 is 2.44 bits per heavy atom. The number of benzene rings is 1. The molecule has 0 heterocycles. The third-order valence-electron chi connectivity index (χ3n) is 3.06. The van der Waals surface area contributed by atoms with Crippen LogP contribution in [0.2, 0.25) is 5.02 Å². The Morgan fingerprint density at radius 1 is 1.22 bits per heavy atom. The van der Waals surface area contributed by atoms with Gasteiger partial charge in [0.2, 0.25) is 0 Å². The monoisotopic (exact) mass is 269 g/mol. The summed E-state index contributed by atoms with van der Waals surface area (Å²) in [5, 5.41) is 4.24. The number of rotatable bonds is 6. The topological polar surface area (TPSA) is 21.3 Å². The lowest BCUT2D eigenvalue weighted by Gasteiger charge is -2.19. The zero-order valence-electron chi connectivity index (χ0n) is 12.0. The minimum absolute atomic E-state index is 0.432. The highest BCUT2D eigenvalue weighted by atomic mass is 35.5. The number of nitrogens with one attached hydrogen (secondary N) is 1. The SMILES string of the molecule is COc1cc(Cl)c(C)cc1NC(C)CCC(C)C. The molecule has 0 aliphatic rings. The molecule has 3 heteroatoms. The van der Waals surface area contributed by atoms with Crippen molar-refractivity contribution >= 4 is 17.3 Å². The average Bonchev–Trinajstić information content (AvgIpc) is 2.31. The Hall–Kier alpha value is -0.890. The molecule has 0 saturated heterocycles. The normalized spacial score (nSPS) is 12.6. The maximum atomic E-state index is 6.10. The van der Waals surface area contributed by atoms with Gasteiger partial charge >= 0.3 is 0 Å². The summed E-state index contributed by atoms with van der Waals surface area (Å²) in [6.45, 7) is 8.71. The van der Waals surface area contributed by atoms with Crippen molar-refractivity contribution in [1.82, 2.24) is 0 Å². The van der Waals surface area contributed by atoms with Gasteiger partial charge < -0.3 is 10.1 Å². The number of anilines is 1. The molecule has 0 radical (unpaired) electrons. The summed E-state index contributed by atoms with van der Waals surface area (Å²) in [6, 6.07) is 4.35. The fourth-order valence-corrected chi connectivity index (χ4v) is 2.02. The van der Waals surface area contributed by atoms with Gasteiger partial charge in [-0.05, 0) is 44.2 Å². The van der Waals surface area contributed by atoms with Crippen LogP contribution in [0.4, 0.5) is 5.69 Å². The molecule has 2 nitrogen and oxygen atoms in total. The second-order valence-electron chi connectivity index (χ2n) is 5.32. The van der Waals surface area contributed by atoms with Crippen molar-refractivity contribution in [2.24, 2.45) is 5.92 Å². The minimum atomic E-state index is 0.432. The first-order valence-electron chi connectivity index (χ1n) is 6.54. The van der Waals surface area contributed by atoms with Crippen molar-refractivity contribution in [1.29, 1.82) is 0 Å². The third-order valence-corrected chi connectivity index (χ3v) is 3.47. The number of ether oxygens (including phenoxy) is 1. The fraction of sp³-hybridized carbons (Fsp3) is 0.600. The van der Waals surface area contributed by atoms with E-state index >= 15 is 0 Å². The van der Waals surface area contributed by atoms with Gasteiger partial charge in [0.1, 0.15) is 5.75 Å². The number of aryl methyl sites for hydroxylation is 1. The molecule has 18 heavy (non-hydrogen) atoms. The van der Waals surface area contributed by atoms with Crippen LogP contribution in [0.15, 0.2) is 12.1 Å². The van der Waals surface area contributed by atoms with E-state index in [1.54, 1.807) is 7.11 Å². The summed E-state index contributed by atoms with van der Waals surface area (Å²) < 4.78 is 5.36. The standard InChI is InChI=1S/C15H24ClNO/c1-10(2)6-7-12(4)17-14-8-11(3)13(16)9-15(14)18-5/h8-10,12,17H,6-7H2,1-5H3. The molecule has 0 amide bonds. The smallest absolute Gasteiger partial charge is 0.143 e. The molecule has 102 valence electrons. The van der Waals surface area contributed by atoms with E-state index in [4.69, 9.17) is 16.3 Å². The molecule has 1 aromatic rings. The predicted octanol–water partition coefficient (Wildman–Crippen LogP) is 4.89. The van der Waals surface area contributed by atoms with Gasteiger partial charge in [-0.3, -0.25) is 0 Å². The average molecular weight is 270 g/mol. The van der Waals surface area contributed by atoms with E-state index in [1.807, 2.05) is 19.1 Å². The first kappa shape index (κ1) is 15.2. The van der Waals surface area contributed by atoms with E-state index in [1.165, 1.54) is 6.42 Å². The van der Waals surface area contributed by atoms with E-state index in [0.29, 0.717) is 6.04 Å². The molecule has 0 saturated carbocycles. The van der Waals surface area contributed by atoms with Gasteiger partial charge in [-0.2, -0.15) is 0 Å². The lowest BCUT2D eigenvalue weighted by Crippen LogP contribution is -2.16. The molecule has 0 aliphatic heterocycles. The van der Waals surface area contributed by atoms with E-state index in [2.05, 4.69) is 26.1 Å². The van der Waals surface area contributed by atoms with E-state index in [0.717, 1.165) is 34.4 Å². The van der Waals surface area contributed by atoms with E-state index < -0.39 is 0 Å².